The molecule has 3 nitrogen and oxygen atoms in total. The fraction of sp³-hybridized carbons (Fsp3) is 0.308. The smallest absolute Gasteiger partial charge is 0.0929 e. The molecule has 3 N–H and O–H groups in total. The van der Waals surface area contributed by atoms with Crippen LogP contribution in [-0.4, -0.2) is 4.98 Å². The highest BCUT2D eigenvalue weighted by Gasteiger charge is 2.20. The molecule has 0 fully saturated rings. The van der Waals surface area contributed by atoms with Crippen molar-refractivity contribution in [1.29, 1.82) is 0 Å². The van der Waals surface area contributed by atoms with Gasteiger partial charge < -0.3 is 5.43 Å². The second-order valence-corrected chi connectivity index (χ2v) is 6.94. The molecule has 1 aromatic carbocycles. The molecule has 0 amide bonds. The summed E-state index contributed by atoms with van der Waals surface area (Å²) in [7, 11) is 0. The van der Waals surface area contributed by atoms with Crippen LogP contribution in [0.25, 0.3) is 10.9 Å². The maximum Gasteiger partial charge on any atom is 0.0929 e. The molecule has 0 bridgehead atoms. The van der Waals surface area contributed by atoms with E-state index in [9.17, 15) is 0 Å². The molecule has 0 saturated carbocycles. The van der Waals surface area contributed by atoms with Crippen LogP contribution in [0.2, 0.25) is 10.0 Å². The van der Waals surface area contributed by atoms with Gasteiger partial charge >= 0.3 is 0 Å². The number of benzene rings is 1. The molecule has 1 heterocycles. The number of hydrazine groups is 1. The maximum absolute atomic E-state index is 6.29. The van der Waals surface area contributed by atoms with Crippen molar-refractivity contribution in [1.82, 2.24) is 4.98 Å². The molecule has 0 aliphatic rings. The van der Waals surface area contributed by atoms with Gasteiger partial charge in [-0.15, -0.1) is 0 Å². The summed E-state index contributed by atoms with van der Waals surface area (Å²) < 4.78 is 0.716. The standard InChI is InChI=1S/C13H14BrCl2N3/c1-13(2,3)9-5-8(19-17)6-4-7(14)10(15)11(16)12(6)18-9/h4-5H,17H2,1-3H3,(H,18,19). The van der Waals surface area contributed by atoms with Crippen LogP contribution in [0, 0.1) is 0 Å². The Hall–Kier alpha value is -0.550. The van der Waals surface area contributed by atoms with Gasteiger partial charge in [0.25, 0.3) is 0 Å². The van der Waals surface area contributed by atoms with Crippen molar-refractivity contribution in [2.45, 2.75) is 26.2 Å². The van der Waals surface area contributed by atoms with Gasteiger partial charge in [0.1, 0.15) is 0 Å². The highest BCUT2D eigenvalue weighted by molar-refractivity contribution is 9.10. The summed E-state index contributed by atoms with van der Waals surface area (Å²) >= 11 is 15.8. The van der Waals surface area contributed by atoms with Gasteiger partial charge in [-0.2, -0.15) is 0 Å². The van der Waals surface area contributed by atoms with Crippen molar-refractivity contribution in [3.05, 3.63) is 32.3 Å². The van der Waals surface area contributed by atoms with E-state index >= 15 is 0 Å². The number of nitrogens with zero attached hydrogens (tertiary/aromatic N) is 1. The minimum atomic E-state index is -0.108. The molecule has 19 heavy (non-hydrogen) atoms. The van der Waals surface area contributed by atoms with Gasteiger partial charge in [0.2, 0.25) is 0 Å². The Morgan fingerprint density at radius 3 is 2.37 bits per heavy atom. The average Bonchev–Trinajstić information content (AvgIpc) is 2.34. The second-order valence-electron chi connectivity index (χ2n) is 5.33. The predicted molar refractivity (Wildman–Crippen MR) is 86.0 cm³/mol. The highest BCUT2D eigenvalue weighted by Crippen LogP contribution is 2.39. The van der Waals surface area contributed by atoms with E-state index in [2.05, 4.69) is 47.1 Å². The normalized spacial score (nSPS) is 11.9. The van der Waals surface area contributed by atoms with Crippen LogP contribution in [0.3, 0.4) is 0 Å². The van der Waals surface area contributed by atoms with Crippen LogP contribution in [0.4, 0.5) is 5.69 Å². The van der Waals surface area contributed by atoms with E-state index in [1.807, 2.05) is 12.1 Å². The Bertz CT molecular complexity index is 651. The summed E-state index contributed by atoms with van der Waals surface area (Å²) in [6, 6.07) is 3.79. The van der Waals surface area contributed by atoms with Crippen molar-refractivity contribution < 1.29 is 0 Å². The first-order chi connectivity index (χ1) is 8.75. The van der Waals surface area contributed by atoms with Crippen LogP contribution in [-0.2, 0) is 5.41 Å². The van der Waals surface area contributed by atoms with E-state index in [1.165, 1.54) is 0 Å². The van der Waals surface area contributed by atoms with Crippen molar-refractivity contribution in [2.24, 2.45) is 5.84 Å². The largest absolute Gasteiger partial charge is 0.323 e. The van der Waals surface area contributed by atoms with Gasteiger partial charge in [0.05, 0.1) is 21.2 Å². The van der Waals surface area contributed by atoms with E-state index in [1.54, 1.807) is 0 Å². The molecule has 0 saturated heterocycles. The highest BCUT2D eigenvalue weighted by atomic mass is 79.9. The quantitative estimate of drug-likeness (QED) is 0.431. The number of nitrogen functional groups attached to an aromatic ring is 1. The number of rotatable bonds is 1. The summed E-state index contributed by atoms with van der Waals surface area (Å²) in [6.45, 7) is 6.24. The van der Waals surface area contributed by atoms with Crippen molar-refractivity contribution in [2.75, 3.05) is 5.43 Å². The average molecular weight is 363 g/mol. The van der Waals surface area contributed by atoms with E-state index in [0.29, 0.717) is 20.0 Å². The molecule has 0 unspecified atom stereocenters. The Morgan fingerprint density at radius 2 is 1.84 bits per heavy atom. The minimum Gasteiger partial charge on any atom is -0.323 e. The molecule has 1 aromatic heterocycles. The van der Waals surface area contributed by atoms with Crippen molar-refractivity contribution >= 4 is 55.7 Å². The van der Waals surface area contributed by atoms with Gasteiger partial charge in [0, 0.05) is 21.0 Å². The van der Waals surface area contributed by atoms with Crippen molar-refractivity contribution in [3.63, 3.8) is 0 Å². The molecular formula is C13H14BrCl2N3. The molecule has 6 heteroatoms. The number of pyridine rings is 1. The molecule has 0 aliphatic carbocycles. The third-order valence-electron chi connectivity index (χ3n) is 2.86. The summed E-state index contributed by atoms with van der Waals surface area (Å²) in [5, 5.41) is 1.71. The molecule has 0 aliphatic heterocycles. The predicted octanol–water partition coefficient (Wildman–Crippen LogP) is 4.89. The topological polar surface area (TPSA) is 50.9 Å². The lowest BCUT2D eigenvalue weighted by molar-refractivity contribution is 0.572. The van der Waals surface area contributed by atoms with Crippen LogP contribution >= 0.6 is 39.1 Å². The number of nitrogens with one attached hydrogen (secondary N) is 1. The number of anilines is 1. The number of aromatic nitrogens is 1. The number of hydrogen-bond acceptors (Lipinski definition) is 3. The lowest BCUT2D eigenvalue weighted by atomic mass is 9.91. The SMILES string of the molecule is CC(C)(C)c1cc(NN)c2cc(Br)c(Cl)c(Cl)c2n1. The maximum atomic E-state index is 6.29. The van der Waals surface area contributed by atoms with Crippen LogP contribution in [0.15, 0.2) is 16.6 Å². The lowest BCUT2D eigenvalue weighted by Crippen LogP contribution is -2.16. The summed E-state index contributed by atoms with van der Waals surface area (Å²) in [6.07, 6.45) is 0. The fourth-order valence-electron chi connectivity index (χ4n) is 1.77. The molecule has 0 spiro atoms. The van der Waals surface area contributed by atoms with Crippen LogP contribution < -0.4 is 11.3 Å². The van der Waals surface area contributed by atoms with E-state index in [0.717, 1.165) is 16.8 Å². The Balaban J connectivity index is 2.90. The molecule has 2 aromatic rings. The molecular weight excluding hydrogens is 349 g/mol. The second kappa shape index (κ2) is 5.09. The number of fused-ring (bicyclic) bond motifs is 1. The zero-order valence-electron chi connectivity index (χ0n) is 10.8. The van der Waals surface area contributed by atoms with Gasteiger partial charge in [-0.1, -0.05) is 44.0 Å². The number of hydrogen-bond donors (Lipinski definition) is 2. The van der Waals surface area contributed by atoms with Gasteiger partial charge in [0.15, 0.2) is 0 Å². The van der Waals surface area contributed by atoms with Crippen LogP contribution in [0.5, 0.6) is 0 Å². The lowest BCUT2D eigenvalue weighted by Gasteiger charge is -2.20. The molecule has 0 atom stereocenters. The zero-order valence-corrected chi connectivity index (χ0v) is 13.9. The van der Waals surface area contributed by atoms with E-state index in [4.69, 9.17) is 29.0 Å². The Kier molecular flexibility index (Phi) is 3.98. The van der Waals surface area contributed by atoms with E-state index in [-0.39, 0.29) is 5.41 Å². The monoisotopic (exact) mass is 361 g/mol. The summed E-state index contributed by atoms with van der Waals surface area (Å²) in [4.78, 5) is 4.62. The number of halogens is 3. The zero-order chi connectivity index (χ0) is 14.4. The first-order valence-corrected chi connectivity index (χ1v) is 7.26. The van der Waals surface area contributed by atoms with Gasteiger partial charge in [-0.05, 0) is 28.1 Å². The Labute approximate surface area is 130 Å². The minimum absolute atomic E-state index is 0.108. The number of nitrogens with two attached hydrogens (primary N) is 1. The molecule has 2 rings (SSSR count). The first-order valence-electron chi connectivity index (χ1n) is 5.71. The first kappa shape index (κ1) is 14.9. The Morgan fingerprint density at radius 1 is 1.21 bits per heavy atom. The summed E-state index contributed by atoms with van der Waals surface area (Å²) in [5.41, 5.74) is 4.90. The van der Waals surface area contributed by atoms with Crippen molar-refractivity contribution in [3.8, 4) is 0 Å². The van der Waals surface area contributed by atoms with Gasteiger partial charge in [-0.3, -0.25) is 10.8 Å². The van der Waals surface area contributed by atoms with Crippen LogP contribution in [0.1, 0.15) is 26.5 Å². The fourth-order valence-corrected chi connectivity index (χ4v) is 2.70. The van der Waals surface area contributed by atoms with Gasteiger partial charge in [-0.25, -0.2) is 0 Å². The third-order valence-corrected chi connectivity index (χ3v) is 4.57. The molecule has 102 valence electrons. The van der Waals surface area contributed by atoms with E-state index < -0.39 is 0 Å². The molecule has 0 radical (unpaired) electrons. The third kappa shape index (κ3) is 2.68. The summed E-state index contributed by atoms with van der Waals surface area (Å²) in [5.74, 6) is 5.60.